The van der Waals surface area contributed by atoms with Crippen LogP contribution in [-0.4, -0.2) is 73.6 Å². The van der Waals surface area contributed by atoms with Gasteiger partial charge >= 0.3 is 0 Å². The Morgan fingerprint density at radius 2 is 1.56 bits per heavy atom. The second-order valence-corrected chi connectivity index (χ2v) is 12.8. The van der Waals surface area contributed by atoms with E-state index in [-0.39, 0.29) is 62.0 Å². The highest BCUT2D eigenvalue weighted by Crippen LogP contribution is 2.44. The summed E-state index contributed by atoms with van der Waals surface area (Å²) in [5.41, 5.74) is 0.361. The Hall–Kier alpha value is -5.44. The van der Waals surface area contributed by atoms with Crippen molar-refractivity contribution in [2.75, 3.05) is 55.0 Å². The van der Waals surface area contributed by atoms with Gasteiger partial charge in [0.1, 0.15) is 27.4 Å². The maximum atomic E-state index is 14.0. The smallest absolute Gasteiger partial charge is 0.297 e. The van der Waals surface area contributed by atoms with E-state index in [1.807, 2.05) is 6.07 Å². The Labute approximate surface area is 290 Å². The van der Waals surface area contributed by atoms with Gasteiger partial charge in [-0.15, -0.1) is 10.2 Å². The summed E-state index contributed by atoms with van der Waals surface area (Å²) in [6, 6.07) is 12.3. The number of fused-ring (bicyclic) bond motifs is 1. The predicted molar refractivity (Wildman–Crippen MR) is 180 cm³/mol. The lowest BCUT2D eigenvalue weighted by molar-refractivity contribution is 0.309. The maximum absolute atomic E-state index is 14.0. The normalized spacial score (nSPS) is 11.2. The molecule has 5 rings (SSSR count). The second-order valence-electron chi connectivity index (χ2n) is 10.1. The fourth-order valence-electron chi connectivity index (χ4n) is 4.90. The summed E-state index contributed by atoms with van der Waals surface area (Å²) < 4.78 is 75.0. The molecule has 2 aromatic heterocycles. The van der Waals surface area contributed by atoms with Gasteiger partial charge in [-0.25, -0.2) is 0 Å². The van der Waals surface area contributed by atoms with Gasteiger partial charge in [-0.3, -0.25) is 8.98 Å². The molecule has 17 heteroatoms. The van der Waals surface area contributed by atoms with E-state index in [0.29, 0.717) is 40.7 Å². The molecular formula is C33H31N3O12S2. The van der Waals surface area contributed by atoms with Crippen LogP contribution in [0.2, 0.25) is 0 Å². The highest BCUT2D eigenvalue weighted by molar-refractivity contribution is 7.99. The van der Waals surface area contributed by atoms with Gasteiger partial charge in [0.05, 0.1) is 66.5 Å². The van der Waals surface area contributed by atoms with Crippen LogP contribution in [0.4, 0.5) is 0 Å². The highest BCUT2D eigenvalue weighted by Gasteiger charge is 2.26. The third-order valence-corrected chi connectivity index (χ3v) is 9.51. The predicted octanol–water partition coefficient (Wildman–Crippen LogP) is 5.32. The van der Waals surface area contributed by atoms with Crippen LogP contribution in [0, 0.1) is 11.3 Å². The number of ether oxygens (including phenoxy) is 6. The molecule has 0 saturated carbocycles. The average molecular weight is 726 g/mol. The summed E-state index contributed by atoms with van der Waals surface area (Å²) in [6.45, 7) is 0.0700. The lowest BCUT2D eigenvalue weighted by Crippen LogP contribution is -2.12. The first-order valence-corrected chi connectivity index (χ1v) is 17.0. The van der Waals surface area contributed by atoms with E-state index in [4.69, 9.17) is 37.3 Å². The molecule has 15 nitrogen and oxygen atoms in total. The van der Waals surface area contributed by atoms with E-state index >= 15 is 0 Å². The molecule has 0 radical (unpaired) electrons. The maximum Gasteiger partial charge on any atom is 0.297 e. The number of methoxy groups -OCH3 is 5. The summed E-state index contributed by atoms with van der Waals surface area (Å²) >= 11 is 1.18. The van der Waals surface area contributed by atoms with Crippen LogP contribution in [0.3, 0.4) is 0 Å². The van der Waals surface area contributed by atoms with Gasteiger partial charge in [-0.1, -0.05) is 11.8 Å². The van der Waals surface area contributed by atoms with Gasteiger partial charge in [0, 0.05) is 23.4 Å². The summed E-state index contributed by atoms with van der Waals surface area (Å²) in [5, 5.41) is 17.6. The van der Waals surface area contributed by atoms with E-state index in [2.05, 4.69) is 14.4 Å². The lowest BCUT2D eigenvalue weighted by atomic mass is 10.1. The van der Waals surface area contributed by atoms with Gasteiger partial charge in [-0.05, 0) is 36.8 Å². The van der Waals surface area contributed by atoms with Gasteiger partial charge in [0.2, 0.25) is 22.8 Å². The van der Waals surface area contributed by atoms with Crippen LogP contribution in [-0.2, 0) is 14.3 Å². The summed E-state index contributed by atoms with van der Waals surface area (Å²) in [5.74, 6) is 1.99. The number of rotatable bonds is 15. The minimum atomic E-state index is -4.13. The third kappa shape index (κ3) is 7.13. The van der Waals surface area contributed by atoms with Crippen molar-refractivity contribution in [2.24, 2.45) is 0 Å². The molecular weight excluding hydrogens is 695 g/mol. The second kappa shape index (κ2) is 15.4. The van der Waals surface area contributed by atoms with Crippen LogP contribution < -0.4 is 33.8 Å². The van der Waals surface area contributed by atoms with Crippen molar-refractivity contribution in [1.29, 1.82) is 5.26 Å². The fourth-order valence-corrected chi connectivity index (χ4v) is 6.40. The number of thioether (sulfide) groups is 1. The molecule has 0 aliphatic heterocycles. The Morgan fingerprint density at radius 3 is 2.18 bits per heavy atom. The number of nitriles is 1. The molecule has 0 spiro atoms. The summed E-state index contributed by atoms with van der Waals surface area (Å²) in [6.07, 6.45) is 0.404. The monoisotopic (exact) mass is 725 g/mol. The standard InChI is InChI=1S/C33H31N3O12S2/c1-40-20-15-22(41-2)27-23(16-20)47-29(19-13-24(42-3)30(44-5)25(14-19)43-4)31(28(27)37)46-10-7-11-49-33-36-35-32(48-33)21-12-18(17-34)8-9-26(21)50(38,39)45-6/h8-9,12-16H,7,10-11H2,1-6H3. The van der Waals surface area contributed by atoms with Crippen molar-refractivity contribution in [3.63, 3.8) is 0 Å². The Morgan fingerprint density at radius 1 is 0.840 bits per heavy atom. The highest BCUT2D eigenvalue weighted by atomic mass is 32.2. The first-order valence-electron chi connectivity index (χ1n) is 14.6. The Balaban J connectivity index is 1.42. The summed E-state index contributed by atoms with van der Waals surface area (Å²) in [4.78, 5) is 13.8. The van der Waals surface area contributed by atoms with Crippen LogP contribution in [0.5, 0.6) is 34.5 Å². The van der Waals surface area contributed by atoms with E-state index in [0.717, 1.165) is 7.11 Å². The van der Waals surface area contributed by atoms with E-state index in [9.17, 15) is 18.5 Å². The van der Waals surface area contributed by atoms with Crippen LogP contribution in [0.15, 0.2) is 66.2 Å². The Kier molecular flexibility index (Phi) is 11.0. The van der Waals surface area contributed by atoms with E-state index in [1.54, 1.807) is 24.3 Å². The molecule has 0 bridgehead atoms. The molecule has 262 valence electrons. The number of benzene rings is 3. The molecule has 0 saturated heterocycles. The lowest BCUT2D eigenvalue weighted by Gasteiger charge is -2.16. The van der Waals surface area contributed by atoms with Gasteiger partial charge in [0.25, 0.3) is 15.3 Å². The van der Waals surface area contributed by atoms with Gasteiger partial charge < -0.3 is 37.3 Å². The molecule has 3 aromatic carbocycles. The van der Waals surface area contributed by atoms with Crippen molar-refractivity contribution in [2.45, 2.75) is 16.5 Å². The third-order valence-electron chi connectivity index (χ3n) is 7.27. The number of hydrogen-bond donors (Lipinski definition) is 0. The van der Waals surface area contributed by atoms with Gasteiger partial charge in [0.15, 0.2) is 17.3 Å². The SMILES string of the molecule is COc1cc(OC)c2c(=O)c(OCCCSc3nnc(-c4cc(C#N)ccc4S(=O)(=O)OC)o3)c(-c3cc(OC)c(OC)c(OC)c3)oc2c1. The van der Waals surface area contributed by atoms with Crippen LogP contribution in [0.25, 0.3) is 33.7 Å². The zero-order valence-electron chi connectivity index (χ0n) is 27.7. The number of aromatic nitrogens is 2. The summed E-state index contributed by atoms with van der Waals surface area (Å²) in [7, 11) is 4.23. The van der Waals surface area contributed by atoms with Crippen LogP contribution in [0.1, 0.15) is 12.0 Å². The van der Waals surface area contributed by atoms with E-state index < -0.39 is 15.5 Å². The molecule has 0 N–H and O–H groups in total. The van der Waals surface area contributed by atoms with Crippen molar-refractivity contribution in [3.05, 3.63) is 58.3 Å². The molecule has 0 unspecified atom stereocenters. The van der Waals surface area contributed by atoms with Crippen molar-refractivity contribution < 1.29 is 49.9 Å². The minimum absolute atomic E-state index is 0.0315. The molecule has 0 amide bonds. The minimum Gasteiger partial charge on any atom is -0.496 e. The zero-order chi connectivity index (χ0) is 36.0. The van der Waals surface area contributed by atoms with Crippen molar-refractivity contribution >= 4 is 32.8 Å². The number of hydrogen-bond acceptors (Lipinski definition) is 16. The quantitative estimate of drug-likeness (QED) is 0.0764. The molecule has 0 aliphatic rings. The Bertz CT molecular complexity index is 2220. The molecule has 2 heterocycles. The number of nitrogens with zero attached hydrogens (tertiary/aromatic N) is 3. The van der Waals surface area contributed by atoms with Crippen molar-refractivity contribution in [1.82, 2.24) is 10.2 Å². The van der Waals surface area contributed by atoms with E-state index in [1.165, 1.54) is 65.5 Å². The fraction of sp³-hybridized carbons (Fsp3) is 0.273. The first-order chi connectivity index (χ1) is 24.1. The largest absolute Gasteiger partial charge is 0.496 e. The molecule has 50 heavy (non-hydrogen) atoms. The topological polar surface area (TPSA) is 192 Å². The first kappa shape index (κ1) is 35.9. The van der Waals surface area contributed by atoms with Crippen molar-refractivity contribution in [3.8, 4) is 63.3 Å². The average Bonchev–Trinajstić information content (AvgIpc) is 3.62. The zero-order valence-corrected chi connectivity index (χ0v) is 29.4. The molecule has 0 fully saturated rings. The molecule has 5 aromatic rings. The van der Waals surface area contributed by atoms with Crippen LogP contribution >= 0.6 is 11.8 Å². The van der Waals surface area contributed by atoms with Gasteiger partial charge in [-0.2, -0.15) is 13.7 Å². The molecule has 0 atom stereocenters. The molecule has 0 aliphatic carbocycles.